The molecule has 0 heterocycles. The zero-order valence-electron chi connectivity index (χ0n) is 21.6. The molecule has 4 nitrogen and oxygen atoms in total. The van der Waals surface area contributed by atoms with Gasteiger partial charge >= 0.3 is 24.2 Å². The van der Waals surface area contributed by atoms with Crippen LogP contribution in [0.1, 0.15) is 12.0 Å². The van der Waals surface area contributed by atoms with Gasteiger partial charge < -0.3 is 20.1 Å². The summed E-state index contributed by atoms with van der Waals surface area (Å²) in [5, 5.41) is 11.3. The second-order valence-corrected chi connectivity index (χ2v) is 9.66. The summed E-state index contributed by atoms with van der Waals surface area (Å²) >= 11 is 0. The smallest absolute Gasteiger partial charge is 0.457 e. The zero-order chi connectivity index (χ0) is 30.9. The normalized spacial score (nSPS) is 19.1. The fourth-order valence-electron chi connectivity index (χ4n) is 4.34. The van der Waals surface area contributed by atoms with Crippen LogP contribution in [-0.2, 0) is 5.41 Å². The molecule has 0 aromatic heterocycles. The predicted molar refractivity (Wildman–Crippen MR) is 132 cm³/mol. The van der Waals surface area contributed by atoms with E-state index < -0.39 is 66.5 Å². The summed E-state index contributed by atoms with van der Waals surface area (Å²) in [5.74, 6) is -12.7. The third-order valence-electron chi connectivity index (χ3n) is 6.53. The topological polar surface area (TPSA) is 44.7 Å². The van der Waals surface area contributed by atoms with Crippen molar-refractivity contribution in [2.45, 2.75) is 42.1 Å². The third kappa shape index (κ3) is 6.48. The van der Waals surface area contributed by atoms with Gasteiger partial charge in [-0.1, -0.05) is 48.1 Å². The van der Waals surface area contributed by atoms with E-state index in [0.717, 1.165) is 30.4 Å². The Hall–Kier alpha value is -3.26. The number of aliphatic hydroxyl groups is 1. The Labute approximate surface area is 228 Å². The number of hydrogen-bond acceptors (Lipinski definition) is 4. The Morgan fingerprint density at radius 2 is 1.61 bits per heavy atom. The van der Waals surface area contributed by atoms with Gasteiger partial charge in [-0.15, -0.1) is 0 Å². The Kier molecular flexibility index (Phi) is 9.09. The molecular formula is C27H26F10N2O2. The maximum Gasteiger partial charge on any atom is 0.459 e. The van der Waals surface area contributed by atoms with Crippen molar-refractivity contribution >= 4 is 5.69 Å². The number of allylic oxidation sites excluding steroid dienone is 3. The first-order valence-corrected chi connectivity index (χ1v) is 12.0. The monoisotopic (exact) mass is 600 g/mol. The number of hydrogen-bond donors (Lipinski definition) is 2. The molecule has 1 aliphatic rings. The lowest BCUT2D eigenvalue weighted by Gasteiger charge is -2.44. The van der Waals surface area contributed by atoms with Crippen molar-refractivity contribution in [2.75, 3.05) is 32.1 Å². The van der Waals surface area contributed by atoms with Crippen LogP contribution in [0.5, 0.6) is 11.5 Å². The number of aliphatic hydroxyl groups excluding tert-OH is 1. The molecule has 2 N–H and O–H groups in total. The van der Waals surface area contributed by atoms with Crippen molar-refractivity contribution in [3.8, 4) is 11.5 Å². The lowest BCUT2D eigenvalue weighted by molar-refractivity contribution is -0.366. The standard InChI is InChI=1S/C27H26F10N2O2/c1-39(2)18-8-5-9-19(13-18)41-21-11-4-3-10-20(21)23(25(31,32)26(33,34)27(35,36)37)12-6-7-17(14-23)15-38-16-22(40)24(28,29)30/h3-13,22,38,40H,14-16H2,1-2H3/t22-,23?/m1/s1. The zero-order valence-corrected chi connectivity index (χ0v) is 21.6. The van der Waals surface area contributed by atoms with Gasteiger partial charge in [0, 0.05) is 44.5 Å². The molecule has 0 amide bonds. The molecule has 14 heteroatoms. The molecule has 1 unspecified atom stereocenters. The van der Waals surface area contributed by atoms with E-state index in [9.17, 15) is 35.1 Å². The van der Waals surface area contributed by atoms with Crippen LogP contribution >= 0.6 is 0 Å². The van der Waals surface area contributed by atoms with Gasteiger partial charge in [0.25, 0.3) is 0 Å². The van der Waals surface area contributed by atoms with Crippen LogP contribution in [0.2, 0.25) is 0 Å². The number of alkyl halides is 10. The molecule has 0 bridgehead atoms. The van der Waals surface area contributed by atoms with Gasteiger partial charge in [-0.3, -0.25) is 0 Å². The Balaban J connectivity index is 2.10. The van der Waals surface area contributed by atoms with E-state index in [1.807, 2.05) is 0 Å². The van der Waals surface area contributed by atoms with Crippen molar-refractivity contribution in [1.29, 1.82) is 0 Å². The molecule has 0 aliphatic heterocycles. The van der Waals surface area contributed by atoms with Gasteiger partial charge in [-0.05, 0) is 24.6 Å². The molecule has 0 fully saturated rings. The van der Waals surface area contributed by atoms with Crippen molar-refractivity contribution in [2.24, 2.45) is 0 Å². The van der Waals surface area contributed by atoms with Crippen LogP contribution in [0.4, 0.5) is 49.6 Å². The highest BCUT2D eigenvalue weighted by molar-refractivity contribution is 5.54. The van der Waals surface area contributed by atoms with E-state index >= 15 is 8.78 Å². The number of para-hydroxylation sites is 1. The molecule has 0 spiro atoms. The molecule has 3 rings (SSSR count). The van der Waals surface area contributed by atoms with E-state index in [2.05, 4.69) is 5.32 Å². The SMILES string of the molecule is CN(C)c1cccc(Oc2ccccc2C2(C(F)(F)C(F)(F)C(F)(F)F)C=CC=C(CNC[C@@H](O)C(F)(F)F)C2)c1. The van der Waals surface area contributed by atoms with Crippen molar-refractivity contribution < 1.29 is 53.7 Å². The highest BCUT2D eigenvalue weighted by Crippen LogP contribution is 2.60. The predicted octanol–water partition coefficient (Wildman–Crippen LogP) is 7.01. The molecule has 1 aliphatic carbocycles. The number of nitrogens with zero attached hydrogens (tertiary/aromatic N) is 1. The largest absolute Gasteiger partial charge is 0.459 e. The van der Waals surface area contributed by atoms with Crippen LogP contribution in [0.3, 0.4) is 0 Å². The van der Waals surface area contributed by atoms with Crippen LogP contribution in [0.15, 0.2) is 72.3 Å². The fourth-order valence-corrected chi connectivity index (χ4v) is 4.34. The van der Waals surface area contributed by atoms with E-state index in [1.54, 1.807) is 31.1 Å². The van der Waals surface area contributed by atoms with Crippen LogP contribution in [-0.4, -0.2) is 62.6 Å². The molecule has 0 saturated carbocycles. The van der Waals surface area contributed by atoms with Crippen molar-refractivity contribution in [3.05, 3.63) is 77.9 Å². The summed E-state index contributed by atoms with van der Waals surface area (Å²) in [4.78, 5) is 1.68. The van der Waals surface area contributed by atoms with Gasteiger partial charge in [0.15, 0.2) is 6.10 Å². The molecule has 2 aromatic carbocycles. The molecular weight excluding hydrogens is 574 g/mol. The van der Waals surface area contributed by atoms with Crippen molar-refractivity contribution in [3.63, 3.8) is 0 Å². The maximum absolute atomic E-state index is 15.8. The second-order valence-electron chi connectivity index (χ2n) is 9.66. The molecule has 0 radical (unpaired) electrons. The molecule has 41 heavy (non-hydrogen) atoms. The lowest BCUT2D eigenvalue weighted by Crippen LogP contribution is -2.62. The molecule has 2 atom stereocenters. The summed E-state index contributed by atoms with van der Waals surface area (Å²) in [6.07, 6.45) is -13.2. The summed E-state index contributed by atoms with van der Waals surface area (Å²) in [5.41, 5.74) is -3.67. The first-order chi connectivity index (χ1) is 18.8. The number of anilines is 1. The van der Waals surface area contributed by atoms with Crippen LogP contribution in [0.25, 0.3) is 0 Å². The van der Waals surface area contributed by atoms with Gasteiger partial charge in [0.1, 0.15) is 11.5 Å². The Morgan fingerprint density at radius 3 is 2.22 bits per heavy atom. The number of ether oxygens (including phenoxy) is 1. The summed E-state index contributed by atoms with van der Waals surface area (Å²) in [7, 11) is 3.40. The first-order valence-electron chi connectivity index (χ1n) is 12.0. The lowest BCUT2D eigenvalue weighted by atomic mass is 9.66. The summed E-state index contributed by atoms with van der Waals surface area (Å²) < 4.78 is 145. The molecule has 226 valence electrons. The Morgan fingerprint density at radius 1 is 0.951 bits per heavy atom. The van der Waals surface area contributed by atoms with E-state index in [4.69, 9.17) is 9.84 Å². The number of halogens is 10. The van der Waals surface area contributed by atoms with Gasteiger partial charge in [-0.25, -0.2) is 0 Å². The maximum atomic E-state index is 15.8. The average Bonchev–Trinajstić information content (AvgIpc) is 2.87. The van der Waals surface area contributed by atoms with Gasteiger partial charge in [0.05, 0.1) is 5.41 Å². The number of benzene rings is 2. The minimum Gasteiger partial charge on any atom is -0.457 e. The second kappa shape index (κ2) is 11.6. The fraction of sp³-hybridized carbons (Fsp3) is 0.407. The summed E-state index contributed by atoms with van der Waals surface area (Å²) in [6, 6.07) is 10.7. The molecule has 2 aromatic rings. The van der Waals surface area contributed by atoms with E-state index in [1.165, 1.54) is 18.2 Å². The van der Waals surface area contributed by atoms with E-state index in [0.29, 0.717) is 11.8 Å². The quantitative estimate of drug-likeness (QED) is 0.288. The highest BCUT2D eigenvalue weighted by Gasteiger charge is 2.79. The van der Waals surface area contributed by atoms with Crippen LogP contribution < -0.4 is 15.0 Å². The van der Waals surface area contributed by atoms with Gasteiger partial charge in [0.2, 0.25) is 0 Å². The first kappa shape index (κ1) is 32.3. The minimum absolute atomic E-state index is 0.0723. The minimum atomic E-state index is -6.65. The number of rotatable bonds is 10. The average molecular weight is 600 g/mol. The third-order valence-corrected chi connectivity index (χ3v) is 6.53. The van der Waals surface area contributed by atoms with Gasteiger partial charge in [-0.2, -0.15) is 43.9 Å². The van der Waals surface area contributed by atoms with E-state index in [-0.39, 0.29) is 11.3 Å². The van der Waals surface area contributed by atoms with Crippen molar-refractivity contribution in [1.82, 2.24) is 5.32 Å². The number of nitrogens with one attached hydrogen (secondary N) is 1. The Bertz CT molecular complexity index is 1270. The highest BCUT2D eigenvalue weighted by atomic mass is 19.4. The summed E-state index contributed by atoms with van der Waals surface area (Å²) in [6.45, 7) is -1.70. The molecule has 0 saturated heterocycles. The van der Waals surface area contributed by atoms with Crippen LogP contribution in [0, 0.1) is 0 Å².